The van der Waals surface area contributed by atoms with Crippen molar-refractivity contribution in [2.75, 3.05) is 10.6 Å². The molecule has 1 unspecified atom stereocenters. The van der Waals surface area contributed by atoms with Crippen LogP contribution < -0.4 is 10.6 Å². The fourth-order valence-electron chi connectivity index (χ4n) is 1.78. The molecular formula is C16H20N4O. The highest BCUT2D eigenvalue weighted by molar-refractivity contribution is 6.03. The lowest BCUT2D eigenvalue weighted by atomic mass is 10.2. The Labute approximate surface area is 124 Å². The lowest BCUT2D eigenvalue weighted by Gasteiger charge is -2.11. The Kier molecular flexibility index (Phi) is 4.87. The van der Waals surface area contributed by atoms with Crippen molar-refractivity contribution in [2.45, 2.75) is 33.2 Å². The van der Waals surface area contributed by atoms with Gasteiger partial charge in [0.2, 0.25) is 0 Å². The molecule has 0 saturated carbocycles. The van der Waals surface area contributed by atoms with Crippen LogP contribution >= 0.6 is 0 Å². The van der Waals surface area contributed by atoms with Crippen molar-refractivity contribution in [1.29, 1.82) is 0 Å². The van der Waals surface area contributed by atoms with Crippen LogP contribution in [0.4, 0.5) is 11.5 Å². The monoisotopic (exact) mass is 284 g/mol. The Morgan fingerprint density at radius 2 is 1.95 bits per heavy atom. The van der Waals surface area contributed by atoms with Crippen LogP contribution in [0.3, 0.4) is 0 Å². The first kappa shape index (κ1) is 15.0. The number of hydrogen-bond acceptors (Lipinski definition) is 4. The molecule has 0 aliphatic carbocycles. The number of hydrogen-bond donors (Lipinski definition) is 2. The molecule has 110 valence electrons. The summed E-state index contributed by atoms with van der Waals surface area (Å²) in [6, 6.07) is 11.4. The molecule has 0 bridgehead atoms. The summed E-state index contributed by atoms with van der Waals surface area (Å²) in [6.07, 6.45) is 0.997. The maximum absolute atomic E-state index is 12.1. The minimum absolute atomic E-state index is 0.258. The Balaban J connectivity index is 2.05. The summed E-state index contributed by atoms with van der Waals surface area (Å²) in [5.41, 5.74) is 2.09. The van der Waals surface area contributed by atoms with E-state index in [1.807, 2.05) is 31.2 Å². The number of nitrogens with zero attached hydrogens (tertiary/aromatic N) is 2. The van der Waals surface area contributed by atoms with Gasteiger partial charge in [0.25, 0.3) is 5.91 Å². The van der Waals surface area contributed by atoms with Crippen molar-refractivity contribution in [2.24, 2.45) is 0 Å². The molecule has 0 aliphatic rings. The summed E-state index contributed by atoms with van der Waals surface area (Å²) in [4.78, 5) is 12.1. The van der Waals surface area contributed by atoms with Crippen LogP contribution in [-0.2, 0) is 0 Å². The normalized spacial score (nSPS) is 11.8. The van der Waals surface area contributed by atoms with E-state index in [0.717, 1.165) is 17.7 Å². The SMILES string of the molecule is CCC(C)Nc1ccc(C(=O)Nc2ccccc2C)nn1. The third-order valence-electron chi connectivity index (χ3n) is 3.30. The van der Waals surface area contributed by atoms with Gasteiger partial charge in [0, 0.05) is 11.7 Å². The van der Waals surface area contributed by atoms with E-state index in [0.29, 0.717) is 17.6 Å². The van der Waals surface area contributed by atoms with E-state index in [9.17, 15) is 4.79 Å². The van der Waals surface area contributed by atoms with Gasteiger partial charge in [-0.2, -0.15) is 0 Å². The number of aryl methyl sites for hydroxylation is 1. The standard InChI is InChI=1S/C16H20N4O/c1-4-12(3)17-15-10-9-14(19-20-15)16(21)18-13-8-6-5-7-11(13)2/h5-10,12H,4H2,1-3H3,(H,17,20)(H,18,21). The molecule has 1 atom stereocenters. The highest BCUT2D eigenvalue weighted by Crippen LogP contribution is 2.14. The van der Waals surface area contributed by atoms with E-state index >= 15 is 0 Å². The van der Waals surface area contributed by atoms with Gasteiger partial charge in [-0.3, -0.25) is 4.79 Å². The van der Waals surface area contributed by atoms with E-state index in [1.165, 1.54) is 0 Å². The summed E-state index contributed by atoms with van der Waals surface area (Å²) >= 11 is 0. The van der Waals surface area contributed by atoms with Crippen LogP contribution in [0.15, 0.2) is 36.4 Å². The molecule has 5 nitrogen and oxygen atoms in total. The van der Waals surface area contributed by atoms with E-state index in [2.05, 4.69) is 34.7 Å². The van der Waals surface area contributed by atoms with Gasteiger partial charge in [-0.1, -0.05) is 25.1 Å². The van der Waals surface area contributed by atoms with Crippen molar-refractivity contribution in [3.8, 4) is 0 Å². The average molecular weight is 284 g/mol. The van der Waals surface area contributed by atoms with Gasteiger partial charge in [0.1, 0.15) is 5.82 Å². The summed E-state index contributed by atoms with van der Waals surface area (Å²) in [7, 11) is 0. The van der Waals surface area contributed by atoms with Crippen molar-refractivity contribution in [3.05, 3.63) is 47.7 Å². The van der Waals surface area contributed by atoms with Crippen LogP contribution in [-0.4, -0.2) is 22.1 Å². The summed E-state index contributed by atoms with van der Waals surface area (Å²) in [6.45, 7) is 6.11. The molecule has 1 amide bonds. The molecule has 0 spiro atoms. The van der Waals surface area contributed by atoms with Crippen LogP contribution in [0.25, 0.3) is 0 Å². The van der Waals surface area contributed by atoms with Gasteiger partial charge >= 0.3 is 0 Å². The first-order chi connectivity index (χ1) is 10.1. The molecule has 0 saturated heterocycles. The second kappa shape index (κ2) is 6.83. The molecule has 2 N–H and O–H groups in total. The second-order valence-corrected chi connectivity index (χ2v) is 5.03. The number of anilines is 2. The van der Waals surface area contributed by atoms with Crippen LogP contribution in [0, 0.1) is 6.92 Å². The van der Waals surface area contributed by atoms with Gasteiger partial charge in [0.15, 0.2) is 5.69 Å². The predicted molar refractivity (Wildman–Crippen MR) is 84.5 cm³/mol. The lowest BCUT2D eigenvalue weighted by Crippen LogP contribution is -2.17. The Bertz CT molecular complexity index is 610. The van der Waals surface area contributed by atoms with Crippen molar-refractivity contribution in [3.63, 3.8) is 0 Å². The number of aromatic nitrogens is 2. The van der Waals surface area contributed by atoms with Crippen molar-refractivity contribution in [1.82, 2.24) is 10.2 Å². The number of carbonyl (C=O) groups is 1. The van der Waals surface area contributed by atoms with Gasteiger partial charge in [-0.25, -0.2) is 0 Å². The molecule has 0 radical (unpaired) electrons. The van der Waals surface area contributed by atoms with Crippen LogP contribution in [0.2, 0.25) is 0 Å². The summed E-state index contributed by atoms with van der Waals surface area (Å²) in [5.74, 6) is 0.420. The number of benzene rings is 1. The molecule has 1 heterocycles. The maximum Gasteiger partial charge on any atom is 0.276 e. The van der Waals surface area contributed by atoms with Crippen LogP contribution in [0.1, 0.15) is 36.3 Å². The highest BCUT2D eigenvalue weighted by atomic mass is 16.1. The molecule has 2 rings (SSSR count). The first-order valence-corrected chi connectivity index (χ1v) is 7.07. The summed E-state index contributed by atoms with van der Waals surface area (Å²) < 4.78 is 0. The fraction of sp³-hybridized carbons (Fsp3) is 0.312. The molecule has 2 aromatic rings. The zero-order valence-corrected chi connectivity index (χ0v) is 12.6. The number of rotatable bonds is 5. The number of para-hydroxylation sites is 1. The smallest absolute Gasteiger partial charge is 0.276 e. The van der Waals surface area contributed by atoms with Gasteiger partial charge in [-0.15, -0.1) is 10.2 Å². The lowest BCUT2D eigenvalue weighted by molar-refractivity contribution is 0.102. The summed E-state index contributed by atoms with van der Waals surface area (Å²) in [5, 5.41) is 14.0. The average Bonchev–Trinajstić information content (AvgIpc) is 2.50. The Morgan fingerprint density at radius 3 is 2.57 bits per heavy atom. The number of nitrogens with one attached hydrogen (secondary N) is 2. The maximum atomic E-state index is 12.1. The molecule has 21 heavy (non-hydrogen) atoms. The van der Waals surface area contributed by atoms with Crippen LogP contribution in [0.5, 0.6) is 0 Å². The van der Waals surface area contributed by atoms with Gasteiger partial charge < -0.3 is 10.6 Å². The Hall–Kier alpha value is -2.43. The van der Waals surface area contributed by atoms with Crippen molar-refractivity contribution >= 4 is 17.4 Å². The molecule has 1 aromatic carbocycles. The van der Waals surface area contributed by atoms with Gasteiger partial charge in [0.05, 0.1) is 0 Å². The van der Waals surface area contributed by atoms with E-state index in [-0.39, 0.29) is 5.91 Å². The largest absolute Gasteiger partial charge is 0.366 e. The minimum Gasteiger partial charge on any atom is -0.366 e. The van der Waals surface area contributed by atoms with E-state index < -0.39 is 0 Å². The zero-order valence-electron chi connectivity index (χ0n) is 12.6. The number of carbonyl (C=O) groups excluding carboxylic acids is 1. The molecule has 1 aromatic heterocycles. The Morgan fingerprint density at radius 1 is 1.19 bits per heavy atom. The third kappa shape index (κ3) is 4.02. The zero-order chi connectivity index (χ0) is 15.2. The van der Waals surface area contributed by atoms with E-state index in [4.69, 9.17) is 0 Å². The molecule has 0 aliphatic heterocycles. The molecular weight excluding hydrogens is 264 g/mol. The second-order valence-electron chi connectivity index (χ2n) is 5.03. The highest BCUT2D eigenvalue weighted by Gasteiger charge is 2.10. The van der Waals surface area contributed by atoms with Crippen molar-refractivity contribution < 1.29 is 4.79 Å². The van der Waals surface area contributed by atoms with Gasteiger partial charge in [-0.05, 0) is 44.0 Å². The van der Waals surface area contributed by atoms with E-state index in [1.54, 1.807) is 12.1 Å². The fourth-order valence-corrected chi connectivity index (χ4v) is 1.78. The number of amides is 1. The minimum atomic E-state index is -0.258. The molecule has 5 heteroatoms. The quantitative estimate of drug-likeness (QED) is 0.884. The first-order valence-electron chi connectivity index (χ1n) is 7.07. The third-order valence-corrected chi connectivity index (χ3v) is 3.30. The predicted octanol–water partition coefficient (Wildman–Crippen LogP) is 3.25. The molecule has 0 fully saturated rings. The topological polar surface area (TPSA) is 66.9 Å².